The molecule has 6 nitrogen and oxygen atoms in total. The second-order valence-corrected chi connectivity index (χ2v) is 4.80. The van der Waals surface area contributed by atoms with Gasteiger partial charge in [-0.25, -0.2) is 0 Å². The molecule has 1 atom stereocenters. The molecule has 1 aliphatic heterocycles. The van der Waals surface area contributed by atoms with Gasteiger partial charge in [-0.3, -0.25) is 19.5 Å². The molecule has 2 N–H and O–H groups in total. The highest BCUT2D eigenvalue weighted by Crippen LogP contribution is 2.15. The van der Waals surface area contributed by atoms with Crippen LogP contribution in [-0.2, 0) is 0 Å². The first-order chi connectivity index (χ1) is 9.20. The Hall–Kier alpha value is -1.69. The maximum Gasteiger partial charge on any atom is 0.269 e. The Balaban J connectivity index is 1.91. The molecule has 104 valence electrons. The number of carbonyl (C=O) groups is 1. The van der Waals surface area contributed by atoms with Crippen LogP contribution in [0.25, 0.3) is 0 Å². The Labute approximate surface area is 112 Å². The minimum absolute atomic E-state index is 0.214. The third-order valence-corrected chi connectivity index (χ3v) is 3.55. The number of carbonyl (C=O) groups excluding carboxylic acids is 1. The van der Waals surface area contributed by atoms with Crippen LogP contribution in [0.2, 0.25) is 0 Å². The molecular weight excluding hydrogens is 244 g/mol. The van der Waals surface area contributed by atoms with Gasteiger partial charge in [-0.2, -0.15) is 0 Å². The number of aromatic nitrogens is 2. The lowest BCUT2D eigenvalue weighted by molar-refractivity contribution is 0.0912. The van der Waals surface area contributed by atoms with Gasteiger partial charge in [-0.05, 0) is 25.9 Å². The third kappa shape index (κ3) is 3.64. The van der Waals surface area contributed by atoms with E-state index in [0.717, 1.165) is 25.7 Å². The van der Waals surface area contributed by atoms with Gasteiger partial charge in [0.15, 0.2) is 0 Å². The fraction of sp³-hybridized carbons (Fsp3) is 0.615. The molecule has 0 bridgehead atoms. The molecule has 6 heteroatoms. The van der Waals surface area contributed by atoms with E-state index in [9.17, 15) is 9.59 Å². The van der Waals surface area contributed by atoms with Crippen molar-refractivity contribution in [3.63, 3.8) is 0 Å². The fourth-order valence-electron chi connectivity index (χ4n) is 2.51. The average molecular weight is 264 g/mol. The second-order valence-electron chi connectivity index (χ2n) is 4.80. The van der Waals surface area contributed by atoms with E-state index < -0.39 is 0 Å². The summed E-state index contributed by atoms with van der Waals surface area (Å²) in [7, 11) is 0. The van der Waals surface area contributed by atoms with Gasteiger partial charge < -0.3 is 10.3 Å². The smallest absolute Gasteiger partial charge is 0.269 e. The third-order valence-electron chi connectivity index (χ3n) is 3.55. The lowest BCUT2D eigenvalue weighted by Gasteiger charge is -2.34. The number of hydrogen-bond donors (Lipinski definition) is 2. The Morgan fingerprint density at radius 3 is 3.11 bits per heavy atom. The van der Waals surface area contributed by atoms with Crippen LogP contribution < -0.4 is 10.9 Å². The van der Waals surface area contributed by atoms with E-state index in [1.54, 1.807) is 0 Å². The van der Waals surface area contributed by atoms with Gasteiger partial charge in [0.2, 0.25) is 0 Å². The molecule has 1 saturated heterocycles. The highest BCUT2D eigenvalue weighted by molar-refractivity contribution is 5.91. The molecular formula is C13H20N4O2. The van der Waals surface area contributed by atoms with Crippen molar-refractivity contribution in [2.45, 2.75) is 32.2 Å². The summed E-state index contributed by atoms with van der Waals surface area (Å²) in [6.45, 7) is 4.85. The van der Waals surface area contributed by atoms with Gasteiger partial charge >= 0.3 is 0 Å². The molecule has 1 aromatic rings. The summed E-state index contributed by atoms with van der Waals surface area (Å²) in [4.78, 5) is 31.6. The van der Waals surface area contributed by atoms with Crippen LogP contribution in [0, 0.1) is 0 Å². The normalized spacial score (nSPS) is 20.2. The number of likely N-dealkylation sites (tertiary alicyclic amines) is 1. The highest BCUT2D eigenvalue weighted by atomic mass is 16.2. The number of H-pyrrole nitrogens is 1. The highest BCUT2D eigenvalue weighted by Gasteiger charge is 2.21. The van der Waals surface area contributed by atoms with Crippen LogP contribution >= 0.6 is 0 Å². The Bertz CT molecular complexity index is 486. The average Bonchev–Trinajstić information content (AvgIpc) is 2.45. The summed E-state index contributed by atoms with van der Waals surface area (Å²) >= 11 is 0. The van der Waals surface area contributed by atoms with Crippen molar-refractivity contribution in [3.05, 3.63) is 28.4 Å². The number of aromatic amines is 1. The molecule has 1 fully saturated rings. The molecule has 1 amide bonds. The minimum atomic E-state index is -0.361. The Kier molecular flexibility index (Phi) is 4.68. The summed E-state index contributed by atoms with van der Waals surface area (Å²) in [6, 6.07) is 0.395. The topological polar surface area (TPSA) is 78.1 Å². The van der Waals surface area contributed by atoms with Crippen molar-refractivity contribution in [1.29, 1.82) is 0 Å². The zero-order valence-electron chi connectivity index (χ0n) is 11.2. The summed E-state index contributed by atoms with van der Waals surface area (Å²) in [5, 5.41) is 2.87. The quantitative estimate of drug-likeness (QED) is 0.824. The first-order valence-electron chi connectivity index (χ1n) is 6.77. The van der Waals surface area contributed by atoms with E-state index in [1.807, 2.05) is 0 Å². The van der Waals surface area contributed by atoms with Gasteiger partial charge in [0.1, 0.15) is 5.69 Å². The molecule has 0 aliphatic carbocycles. The van der Waals surface area contributed by atoms with E-state index in [0.29, 0.717) is 12.6 Å². The maximum atomic E-state index is 11.9. The predicted molar refractivity (Wildman–Crippen MR) is 72.1 cm³/mol. The first kappa shape index (κ1) is 13.7. The van der Waals surface area contributed by atoms with Crippen LogP contribution in [0.4, 0.5) is 0 Å². The van der Waals surface area contributed by atoms with Gasteiger partial charge in [0.25, 0.3) is 11.5 Å². The monoisotopic (exact) mass is 264 g/mol. The minimum Gasteiger partial charge on any atom is -0.349 e. The summed E-state index contributed by atoms with van der Waals surface area (Å²) in [5.41, 5.74) is -0.146. The van der Waals surface area contributed by atoms with E-state index in [2.05, 4.69) is 27.1 Å². The van der Waals surface area contributed by atoms with E-state index in [1.165, 1.54) is 19.0 Å². The van der Waals surface area contributed by atoms with E-state index in [4.69, 9.17) is 0 Å². The first-order valence-corrected chi connectivity index (χ1v) is 6.77. The lowest BCUT2D eigenvalue weighted by Crippen LogP contribution is -2.46. The van der Waals surface area contributed by atoms with E-state index in [-0.39, 0.29) is 17.2 Å². The van der Waals surface area contributed by atoms with Crippen molar-refractivity contribution in [1.82, 2.24) is 20.2 Å². The zero-order chi connectivity index (χ0) is 13.7. The lowest BCUT2D eigenvalue weighted by atomic mass is 10.0. The van der Waals surface area contributed by atoms with Crippen LogP contribution in [0.15, 0.2) is 17.2 Å². The number of amides is 1. The Morgan fingerprint density at radius 2 is 2.37 bits per heavy atom. The SMILES string of the molecule is CCN1CCCC[C@H]1CNC(=O)c1cncc(=O)[nH]1. The van der Waals surface area contributed by atoms with Crippen LogP contribution in [0.1, 0.15) is 36.7 Å². The standard InChI is InChI=1S/C13H20N4O2/c1-2-17-6-4-3-5-10(17)7-15-13(19)11-8-14-9-12(18)16-11/h8-10H,2-7H2,1H3,(H,15,19)(H,16,18)/t10-/m0/s1. The molecule has 1 aromatic heterocycles. The van der Waals surface area contributed by atoms with E-state index >= 15 is 0 Å². The largest absolute Gasteiger partial charge is 0.349 e. The predicted octanol–water partition coefficient (Wildman–Crippen LogP) is 0.374. The molecule has 0 radical (unpaired) electrons. The number of rotatable bonds is 4. The maximum absolute atomic E-state index is 11.9. The molecule has 0 saturated carbocycles. The van der Waals surface area contributed by atoms with Crippen LogP contribution in [0.5, 0.6) is 0 Å². The summed E-state index contributed by atoms with van der Waals surface area (Å²) in [6.07, 6.45) is 6.07. The number of hydrogen-bond acceptors (Lipinski definition) is 4. The molecule has 2 heterocycles. The van der Waals surface area contributed by atoms with Crippen molar-refractivity contribution in [2.75, 3.05) is 19.6 Å². The number of nitrogens with zero attached hydrogens (tertiary/aromatic N) is 2. The van der Waals surface area contributed by atoms with Gasteiger partial charge in [-0.15, -0.1) is 0 Å². The van der Waals surface area contributed by atoms with Crippen molar-refractivity contribution in [2.24, 2.45) is 0 Å². The number of nitrogens with one attached hydrogen (secondary N) is 2. The molecule has 2 rings (SSSR count). The van der Waals surface area contributed by atoms with Gasteiger partial charge in [0, 0.05) is 12.6 Å². The number of piperidine rings is 1. The van der Waals surface area contributed by atoms with Crippen molar-refractivity contribution < 1.29 is 4.79 Å². The Morgan fingerprint density at radius 1 is 1.53 bits per heavy atom. The zero-order valence-corrected chi connectivity index (χ0v) is 11.2. The molecule has 0 aromatic carbocycles. The molecule has 0 unspecified atom stereocenters. The van der Waals surface area contributed by atoms with Gasteiger partial charge in [0.05, 0.1) is 12.4 Å². The number of likely N-dealkylation sites (N-methyl/N-ethyl adjacent to an activating group) is 1. The summed E-state index contributed by atoms with van der Waals surface area (Å²) in [5.74, 6) is -0.271. The van der Waals surface area contributed by atoms with Crippen LogP contribution in [0.3, 0.4) is 0 Å². The molecule has 19 heavy (non-hydrogen) atoms. The van der Waals surface area contributed by atoms with Crippen molar-refractivity contribution >= 4 is 5.91 Å². The van der Waals surface area contributed by atoms with Gasteiger partial charge in [-0.1, -0.05) is 13.3 Å². The molecule has 1 aliphatic rings. The second kappa shape index (κ2) is 6.47. The summed E-state index contributed by atoms with van der Waals surface area (Å²) < 4.78 is 0. The fourth-order valence-corrected chi connectivity index (χ4v) is 2.51. The van der Waals surface area contributed by atoms with Crippen LogP contribution in [-0.4, -0.2) is 46.5 Å². The van der Waals surface area contributed by atoms with Crippen molar-refractivity contribution in [3.8, 4) is 0 Å². The molecule has 0 spiro atoms.